The average Bonchev–Trinajstić information content (AvgIpc) is 3.05. The first-order valence-corrected chi connectivity index (χ1v) is 7.97. The second-order valence-electron chi connectivity index (χ2n) is 5.77. The molecule has 0 saturated heterocycles. The number of fused-ring (bicyclic) bond motifs is 1. The summed E-state index contributed by atoms with van der Waals surface area (Å²) in [7, 11) is 0. The molecule has 0 spiro atoms. The summed E-state index contributed by atoms with van der Waals surface area (Å²) in [6, 6.07) is 14.3. The van der Waals surface area contributed by atoms with Crippen LogP contribution in [0.25, 0.3) is 10.9 Å². The van der Waals surface area contributed by atoms with E-state index in [0.29, 0.717) is 22.8 Å². The third-order valence-electron chi connectivity index (χ3n) is 3.61. The van der Waals surface area contributed by atoms with Gasteiger partial charge in [-0.2, -0.15) is 5.48 Å². The number of carbonyl (C=O) groups is 1. The van der Waals surface area contributed by atoms with Gasteiger partial charge in [0.25, 0.3) is 5.91 Å². The Morgan fingerprint density at radius 3 is 2.30 bits per heavy atom. The molecule has 11 N–H and O–H groups in total. The van der Waals surface area contributed by atoms with Gasteiger partial charge in [0.1, 0.15) is 5.69 Å². The molecular weight excluding hydrogens is 346 g/mol. The van der Waals surface area contributed by atoms with Crippen LogP contribution in [0.4, 0.5) is 11.4 Å². The number of nitrogens with one attached hydrogen (secondary N) is 4. The van der Waals surface area contributed by atoms with Gasteiger partial charge >= 0.3 is 0 Å². The van der Waals surface area contributed by atoms with E-state index in [2.05, 4.69) is 21.8 Å². The smallest absolute Gasteiger partial charge is 0.272 e. The Hall–Kier alpha value is -3.69. The lowest BCUT2D eigenvalue weighted by atomic mass is 10.1. The SMILES string of the molecule is CC(=N)c1ccc(NC(=O)c2cc3cc([NH2+]O)ccc3[nH]2)cc1.N=C(N)N. The van der Waals surface area contributed by atoms with E-state index < -0.39 is 0 Å². The molecule has 0 aliphatic heterocycles. The summed E-state index contributed by atoms with van der Waals surface area (Å²) >= 11 is 0. The van der Waals surface area contributed by atoms with Crippen molar-refractivity contribution >= 4 is 39.9 Å². The molecule has 0 aliphatic carbocycles. The second kappa shape index (κ2) is 8.61. The van der Waals surface area contributed by atoms with Gasteiger partial charge in [0.15, 0.2) is 11.6 Å². The van der Waals surface area contributed by atoms with Crippen LogP contribution in [-0.2, 0) is 0 Å². The van der Waals surface area contributed by atoms with Crippen LogP contribution in [0.2, 0.25) is 0 Å². The van der Waals surface area contributed by atoms with Crippen molar-refractivity contribution in [2.75, 3.05) is 5.32 Å². The van der Waals surface area contributed by atoms with Gasteiger partial charge in [0.05, 0.1) is 0 Å². The normalized spacial score (nSPS) is 10.0. The van der Waals surface area contributed by atoms with E-state index in [0.717, 1.165) is 21.9 Å². The van der Waals surface area contributed by atoms with Gasteiger partial charge in [0, 0.05) is 34.4 Å². The summed E-state index contributed by atoms with van der Waals surface area (Å²) in [5.41, 5.74) is 13.9. The van der Waals surface area contributed by atoms with Crippen molar-refractivity contribution in [1.82, 2.24) is 4.98 Å². The maximum Gasteiger partial charge on any atom is 0.272 e. The van der Waals surface area contributed by atoms with Crippen molar-refractivity contribution in [2.24, 2.45) is 11.5 Å². The summed E-state index contributed by atoms with van der Waals surface area (Å²) in [5.74, 6) is -0.574. The predicted molar refractivity (Wildman–Crippen MR) is 105 cm³/mol. The van der Waals surface area contributed by atoms with Crippen LogP contribution in [0.15, 0.2) is 48.5 Å². The van der Waals surface area contributed by atoms with Crippen LogP contribution in [0, 0.1) is 10.8 Å². The van der Waals surface area contributed by atoms with Crippen LogP contribution in [0.5, 0.6) is 0 Å². The number of benzene rings is 2. The lowest BCUT2D eigenvalue weighted by Gasteiger charge is -2.05. The number of anilines is 1. The number of carbonyl (C=O) groups excluding carboxylic acids is 1. The number of amides is 1. The molecule has 3 aromatic rings. The summed E-state index contributed by atoms with van der Waals surface area (Å²) in [4.78, 5) is 15.4. The summed E-state index contributed by atoms with van der Waals surface area (Å²) < 4.78 is 0. The molecule has 9 heteroatoms. The zero-order chi connectivity index (χ0) is 20.0. The minimum absolute atomic E-state index is 0.241. The van der Waals surface area contributed by atoms with Crippen molar-refractivity contribution in [3.8, 4) is 0 Å². The van der Waals surface area contributed by atoms with Crippen molar-refractivity contribution < 1.29 is 15.5 Å². The number of nitrogens with two attached hydrogens (primary N) is 3. The lowest BCUT2D eigenvalue weighted by molar-refractivity contribution is -0.825. The molecule has 140 valence electrons. The predicted octanol–water partition coefficient (Wildman–Crippen LogP) is 1.23. The molecule has 1 aromatic heterocycles. The molecule has 0 unspecified atom stereocenters. The van der Waals surface area contributed by atoms with E-state index in [1.54, 1.807) is 49.4 Å². The molecule has 0 bridgehead atoms. The first kappa shape index (κ1) is 19.6. The van der Waals surface area contributed by atoms with Crippen LogP contribution >= 0.6 is 0 Å². The van der Waals surface area contributed by atoms with Crippen molar-refractivity contribution in [3.63, 3.8) is 0 Å². The molecule has 0 fully saturated rings. The molecule has 0 aliphatic rings. The Morgan fingerprint density at radius 1 is 1.11 bits per heavy atom. The van der Waals surface area contributed by atoms with Crippen LogP contribution in [0.3, 0.4) is 0 Å². The highest BCUT2D eigenvalue weighted by Crippen LogP contribution is 2.19. The Bertz CT molecular complexity index is 973. The molecular formula is C18H22N7O2+. The molecule has 0 saturated carbocycles. The Kier molecular flexibility index (Phi) is 6.26. The zero-order valence-electron chi connectivity index (χ0n) is 14.7. The minimum atomic E-state index is -0.333. The first-order chi connectivity index (χ1) is 12.8. The molecule has 1 amide bonds. The molecule has 2 aromatic carbocycles. The van der Waals surface area contributed by atoms with E-state index in [9.17, 15) is 4.79 Å². The first-order valence-electron chi connectivity index (χ1n) is 7.97. The fourth-order valence-corrected chi connectivity index (χ4v) is 2.36. The maximum absolute atomic E-state index is 12.3. The van der Waals surface area contributed by atoms with Gasteiger partial charge < -0.3 is 27.2 Å². The zero-order valence-corrected chi connectivity index (χ0v) is 14.7. The van der Waals surface area contributed by atoms with Crippen molar-refractivity contribution in [3.05, 3.63) is 59.8 Å². The van der Waals surface area contributed by atoms with Gasteiger partial charge in [0.2, 0.25) is 0 Å². The van der Waals surface area contributed by atoms with Crippen molar-refractivity contribution in [2.45, 2.75) is 6.92 Å². The highest BCUT2D eigenvalue weighted by atomic mass is 16.5. The summed E-state index contributed by atoms with van der Waals surface area (Å²) in [6.07, 6.45) is 0. The van der Waals surface area contributed by atoms with Gasteiger partial charge in [-0.25, -0.2) is 5.21 Å². The molecule has 1 heterocycles. The quantitative estimate of drug-likeness (QED) is 0.149. The monoisotopic (exact) mass is 368 g/mol. The second-order valence-corrected chi connectivity index (χ2v) is 5.77. The van der Waals surface area contributed by atoms with Gasteiger partial charge in [-0.05, 0) is 36.8 Å². The minimum Gasteiger partial charge on any atom is -0.370 e. The van der Waals surface area contributed by atoms with E-state index in [1.807, 2.05) is 6.07 Å². The van der Waals surface area contributed by atoms with Gasteiger partial charge in [-0.1, -0.05) is 12.1 Å². The Balaban J connectivity index is 0.000000596. The van der Waals surface area contributed by atoms with E-state index in [-0.39, 0.29) is 11.9 Å². The van der Waals surface area contributed by atoms with Gasteiger partial charge in [-0.3, -0.25) is 10.2 Å². The Labute approximate surface area is 155 Å². The Morgan fingerprint density at radius 2 is 1.74 bits per heavy atom. The van der Waals surface area contributed by atoms with E-state index >= 15 is 0 Å². The molecule has 0 atom stereocenters. The highest BCUT2D eigenvalue weighted by Gasteiger charge is 2.11. The van der Waals surface area contributed by atoms with Crippen LogP contribution in [0.1, 0.15) is 23.0 Å². The molecule has 27 heavy (non-hydrogen) atoms. The summed E-state index contributed by atoms with van der Waals surface area (Å²) in [5, 5.41) is 26.3. The summed E-state index contributed by atoms with van der Waals surface area (Å²) in [6.45, 7) is 1.72. The third kappa shape index (κ3) is 5.39. The number of aromatic amines is 1. The van der Waals surface area contributed by atoms with Crippen molar-refractivity contribution in [1.29, 1.82) is 10.8 Å². The largest absolute Gasteiger partial charge is 0.370 e. The maximum atomic E-state index is 12.3. The molecule has 9 nitrogen and oxygen atoms in total. The number of quaternary nitrogens is 1. The van der Waals surface area contributed by atoms with Crippen LogP contribution < -0.4 is 22.3 Å². The van der Waals surface area contributed by atoms with Gasteiger partial charge in [-0.15, -0.1) is 0 Å². The topological polar surface area (TPSA) is 181 Å². The number of H-pyrrole nitrogens is 1. The van der Waals surface area contributed by atoms with Crippen LogP contribution in [-0.4, -0.2) is 27.8 Å². The lowest BCUT2D eigenvalue weighted by Crippen LogP contribution is -2.73. The number of guanidine groups is 1. The third-order valence-corrected chi connectivity index (χ3v) is 3.61. The number of hydrogen-bond donors (Lipinski definition) is 8. The van der Waals surface area contributed by atoms with E-state index in [4.69, 9.17) is 16.0 Å². The number of aromatic nitrogens is 1. The molecule has 0 radical (unpaired) electrons. The fourth-order valence-electron chi connectivity index (χ4n) is 2.36. The standard InChI is InChI=1S/C17H16N4O2.CH5N3/c1-10(18)11-2-4-13(5-3-11)19-17(22)16-9-12-8-14(21-23)6-7-15(12)20-16;2-1(3)4/h2-9,18,20-21,23H,1H3,(H,19,22);(H5,2,3,4)/p+1. The highest BCUT2D eigenvalue weighted by molar-refractivity contribution is 6.06. The number of rotatable bonds is 4. The average molecular weight is 368 g/mol. The molecule has 3 rings (SSSR count). The number of hydrogen-bond acceptors (Lipinski definition) is 4. The van der Waals surface area contributed by atoms with E-state index in [1.165, 1.54) is 0 Å². The fraction of sp³-hybridized carbons (Fsp3) is 0.0556.